The van der Waals surface area contributed by atoms with Crippen molar-refractivity contribution in [3.05, 3.63) is 65.5 Å². The Morgan fingerprint density at radius 2 is 1.88 bits per heavy atom. The predicted octanol–water partition coefficient (Wildman–Crippen LogP) is 2.71. The van der Waals surface area contributed by atoms with Crippen molar-refractivity contribution in [2.45, 2.75) is 26.4 Å². The van der Waals surface area contributed by atoms with Crippen LogP contribution in [0.2, 0.25) is 0 Å². The van der Waals surface area contributed by atoms with Crippen molar-refractivity contribution in [1.29, 1.82) is 0 Å². The zero-order chi connectivity index (χ0) is 17.9. The monoisotopic (exact) mass is 334 g/mol. The summed E-state index contributed by atoms with van der Waals surface area (Å²) in [5.74, 6) is 6.04. The smallest absolute Gasteiger partial charge is 0.272 e. The number of pyridine rings is 1. The number of aliphatic hydroxyl groups is 1. The Bertz CT molecular complexity index is 801. The zero-order valence-electron chi connectivity index (χ0n) is 14.6. The average molecular weight is 334 g/mol. The molecule has 0 bridgehead atoms. The molecule has 2 aromatic rings. The number of likely N-dealkylation sites (tertiary alicyclic amines) is 1. The molecule has 0 saturated carbocycles. The summed E-state index contributed by atoms with van der Waals surface area (Å²) in [5.41, 5.74) is 1.83. The first kappa shape index (κ1) is 17.2. The van der Waals surface area contributed by atoms with Crippen LogP contribution in [0.4, 0.5) is 0 Å². The lowest BCUT2D eigenvalue weighted by Gasteiger charge is -2.41. The van der Waals surface area contributed by atoms with Gasteiger partial charge in [-0.15, -0.1) is 0 Å². The van der Waals surface area contributed by atoms with Crippen LogP contribution in [0.5, 0.6) is 0 Å². The van der Waals surface area contributed by atoms with E-state index >= 15 is 0 Å². The molecule has 0 unspecified atom stereocenters. The van der Waals surface area contributed by atoms with Crippen LogP contribution in [0.25, 0.3) is 0 Å². The van der Waals surface area contributed by atoms with Crippen LogP contribution in [0.3, 0.4) is 0 Å². The summed E-state index contributed by atoms with van der Waals surface area (Å²) in [6.07, 6.45) is 1.85. The van der Waals surface area contributed by atoms with Crippen LogP contribution in [-0.2, 0) is 0 Å². The lowest BCUT2D eigenvalue weighted by Crippen LogP contribution is -2.50. The van der Waals surface area contributed by atoms with Gasteiger partial charge in [0.15, 0.2) is 0 Å². The number of hydrogen-bond acceptors (Lipinski definition) is 3. The lowest BCUT2D eigenvalue weighted by atomic mass is 9.81. The molecule has 128 valence electrons. The molecular weight excluding hydrogens is 312 g/mol. The van der Waals surface area contributed by atoms with Gasteiger partial charge in [-0.1, -0.05) is 43.9 Å². The predicted molar refractivity (Wildman–Crippen MR) is 97.0 cm³/mol. The number of rotatable bonds is 1. The number of piperidine rings is 1. The number of carbonyl (C=O) groups excluding carboxylic acids is 1. The van der Waals surface area contributed by atoms with Crippen LogP contribution < -0.4 is 0 Å². The van der Waals surface area contributed by atoms with Gasteiger partial charge in [-0.3, -0.25) is 4.79 Å². The van der Waals surface area contributed by atoms with Crippen molar-refractivity contribution >= 4 is 5.91 Å². The molecule has 4 nitrogen and oxygen atoms in total. The van der Waals surface area contributed by atoms with Gasteiger partial charge in [-0.2, -0.15) is 0 Å². The molecular formula is C21H22N2O2. The van der Waals surface area contributed by atoms with Crippen molar-refractivity contribution in [3.8, 4) is 11.8 Å². The van der Waals surface area contributed by atoms with E-state index in [0.29, 0.717) is 25.2 Å². The molecule has 25 heavy (non-hydrogen) atoms. The van der Waals surface area contributed by atoms with Gasteiger partial charge >= 0.3 is 0 Å². The van der Waals surface area contributed by atoms with Crippen molar-refractivity contribution in [2.24, 2.45) is 5.41 Å². The third-order valence-electron chi connectivity index (χ3n) is 4.57. The third-order valence-corrected chi connectivity index (χ3v) is 4.57. The molecule has 2 heterocycles. The van der Waals surface area contributed by atoms with Gasteiger partial charge in [0, 0.05) is 35.8 Å². The molecule has 0 spiro atoms. The molecule has 1 saturated heterocycles. The Morgan fingerprint density at radius 3 is 2.52 bits per heavy atom. The maximum atomic E-state index is 12.6. The zero-order valence-corrected chi connectivity index (χ0v) is 14.6. The highest BCUT2D eigenvalue weighted by Crippen LogP contribution is 2.29. The highest BCUT2D eigenvalue weighted by molar-refractivity contribution is 5.92. The highest BCUT2D eigenvalue weighted by atomic mass is 16.3. The molecule has 1 amide bonds. The van der Waals surface area contributed by atoms with Crippen molar-refractivity contribution in [1.82, 2.24) is 9.88 Å². The molecule has 1 fully saturated rings. The standard InChI is InChI=1S/C21H22N2O2/c1-21(2)15-23(13-12-19(21)24)20(25)18-11-10-17(14-22-18)9-8-16-6-4-3-5-7-16/h3-7,10-11,14,19,24H,12-13,15H2,1-2H3/t19-/m0/s1. The number of amides is 1. The maximum Gasteiger partial charge on any atom is 0.272 e. The first-order valence-corrected chi connectivity index (χ1v) is 8.46. The van der Waals surface area contributed by atoms with E-state index < -0.39 is 0 Å². The number of aliphatic hydroxyl groups excluding tert-OH is 1. The summed E-state index contributed by atoms with van der Waals surface area (Å²) in [6.45, 7) is 5.05. The Balaban J connectivity index is 1.70. The second-order valence-corrected chi connectivity index (χ2v) is 7.07. The van der Waals surface area contributed by atoms with Gasteiger partial charge in [0.05, 0.1) is 6.10 Å². The van der Waals surface area contributed by atoms with E-state index in [1.54, 1.807) is 17.2 Å². The number of hydrogen-bond donors (Lipinski definition) is 1. The fourth-order valence-electron chi connectivity index (χ4n) is 2.94. The molecule has 1 N–H and O–H groups in total. The van der Waals surface area contributed by atoms with E-state index in [0.717, 1.165) is 11.1 Å². The average Bonchev–Trinajstić information content (AvgIpc) is 2.63. The quantitative estimate of drug-likeness (QED) is 0.816. The highest BCUT2D eigenvalue weighted by Gasteiger charge is 2.36. The fraction of sp³-hybridized carbons (Fsp3) is 0.333. The molecule has 0 aliphatic carbocycles. The van der Waals surface area contributed by atoms with Crippen LogP contribution in [-0.4, -0.2) is 40.1 Å². The van der Waals surface area contributed by atoms with E-state index in [4.69, 9.17) is 0 Å². The molecule has 4 heteroatoms. The summed E-state index contributed by atoms with van der Waals surface area (Å²) in [6, 6.07) is 13.3. The van der Waals surface area contributed by atoms with Crippen LogP contribution in [0.1, 0.15) is 41.9 Å². The Morgan fingerprint density at radius 1 is 1.16 bits per heavy atom. The number of nitrogens with zero attached hydrogens (tertiary/aromatic N) is 2. The molecule has 1 atom stereocenters. The van der Waals surface area contributed by atoms with Gasteiger partial charge < -0.3 is 10.0 Å². The summed E-state index contributed by atoms with van der Waals surface area (Å²) < 4.78 is 0. The molecule has 3 rings (SSSR count). The van der Waals surface area contributed by atoms with Gasteiger partial charge in [0.1, 0.15) is 5.69 Å². The minimum atomic E-state index is -0.375. The Hall–Kier alpha value is -2.64. The molecule has 1 aliphatic rings. The summed E-state index contributed by atoms with van der Waals surface area (Å²) in [5, 5.41) is 10.0. The second-order valence-electron chi connectivity index (χ2n) is 7.07. The van der Waals surface area contributed by atoms with Crippen molar-refractivity contribution in [2.75, 3.05) is 13.1 Å². The minimum absolute atomic E-state index is 0.0949. The molecule has 1 aliphatic heterocycles. The van der Waals surface area contributed by atoms with E-state index in [1.807, 2.05) is 50.2 Å². The van der Waals surface area contributed by atoms with Crippen LogP contribution >= 0.6 is 0 Å². The third kappa shape index (κ3) is 4.07. The fourth-order valence-corrected chi connectivity index (χ4v) is 2.94. The topological polar surface area (TPSA) is 53.4 Å². The summed E-state index contributed by atoms with van der Waals surface area (Å²) >= 11 is 0. The van der Waals surface area contributed by atoms with E-state index in [1.165, 1.54) is 0 Å². The van der Waals surface area contributed by atoms with Crippen molar-refractivity contribution in [3.63, 3.8) is 0 Å². The van der Waals surface area contributed by atoms with Gasteiger partial charge in [0.2, 0.25) is 0 Å². The van der Waals surface area contributed by atoms with Crippen molar-refractivity contribution < 1.29 is 9.90 Å². The van der Waals surface area contributed by atoms with Gasteiger partial charge in [-0.25, -0.2) is 4.98 Å². The number of aromatic nitrogens is 1. The lowest BCUT2D eigenvalue weighted by molar-refractivity contribution is -0.0184. The summed E-state index contributed by atoms with van der Waals surface area (Å²) in [4.78, 5) is 18.7. The minimum Gasteiger partial charge on any atom is -0.392 e. The Labute approximate surface area is 148 Å². The van der Waals surface area contributed by atoms with Crippen LogP contribution in [0, 0.1) is 17.3 Å². The number of carbonyl (C=O) groups is 1. The Kier molecular flexibility index (Phi) is 4.87. The normalized spacial score (nSPS) is 19.0. The van der Waals surface area contributed by atoms with E-state index in [-0.39, 0.29) is 17.4 Å². The first-order valence-electron chi connectivity index (χ1n) is 8.46. The van der Waals surface area contributed by atoms with Crippen LogP contribution in [0.15, 0.2) is 48.7 Å². The summed E-state index contributed by atoms with van der Waals surface area (Å²) in [7, 11) is 0. The number of benzene rings is 1. The SMILES string of the molecule is CC1(C)CN(C(=O)c2ccc(C#Cc3ccccc3)cn2)CC[C@@H]1O. The maximum absolute atomic E-state index is 12.6. The molecule has 1 aromatic carbocycles. The van der Waals surface area contributed by atoms with E-state index in [9.17, 15) is 9.90 Å². The first-order chi connectivity index (χ1) is 12.0. The van der Waals surface area contributed by atoms with Gasteiger partial charge in [-0.05, 0) is 30.7 Å². The molecule has 1 aromatic heterocycles. The van der Waals surface area contributed by atoms with Gasteiger partial charge in [0.25, 0.3) is 5.91 Å². The largest absolute Gasteiger partial charge is 0.392 e. The van der Waals surface area contributed by atoms with E-state index in [2.05, 4.69) is 16.8 Å². The second kappa shape index (κ2) is 7.08. The molecule has 0 radical (unpaired) electrons.